The lowest BCUT2D eigenvalue weighted by atomic mass is 10.2. The number of nitrogens with zero attached hydrogens (tertiary/aromatic N) is 3. The lowest BCUT2D eigenvalue weighted by Crippen LogP contribution is -2.35. The van der Waals surface area contributed by atoms with Gasteiger partial charge in [0.2, 0.25) is 0 Å². The second-order valence-electron chi connectivity index (χ2n) is 4.51. The van der Waals surface area contributed by atoms with Crippen LogP contribution in [0.4, 0.5) is 5.69 Å². The van der Waals surface area contributed by atoms with E-state index in [2.05, 4.69) is 22.4 Å². The molecule has 0 bridgehead atoms. The highest BCUT2D eigenvalue weighted by atomic mass is 16.2. The minimum Gasteiger partial charge on any atom is -0.337 e. The Bertz CT molecular complexity index is 423. The molecule has 1 fully saturated rings. The molecule has 0 saturated carbocycles. The number of nitrogens with two attached hydrogens (primary N) is 1. The Hall–Kier alpha value is -1.66. The van der Waals surface area contributed by atoms with Crippen molar-refractivity contribution in [2.24, 2.45) is 5.84 Å². The standard InChI is InChI=1S/C12H19N5O/c1-16-5-2-6-17(8-7-16)12(18)10-9-14-4-3-11(10)15-13/h3-4,9H,2,5-8,13H2,1H3,(H,14,15). The second kappa shape index (κ2) is 5.79. The average Bonchev–Trinajstić information content (AvgIpc) is 2.62. The predicted molar refractivity (Wildman–Crippen MR) is 70.1 cm³/mol. The summed E-state index contributed by atoms with van der Waals surface area (Å²) in [7, 11) is 2.07. The van der Waals surface area contributed by atoms with Crippen molar-refractivity contribution in [3.8, 4) is 0 Å². The van der Waals surface area contributed by atoms with Crippen LogP contribution in [0.5, 0.6) is 0 Å². The first-order chi connectivity index (χ1) is 8.72. The Labute approximate surface area is 107 Å². The zero-order chi connectivity index (χ0) is 13.0. The minimum atomic E-state index is -0.00801. The Morgan fingerprint density at radius 1 is 1.39 bits per heavy atom. The van der Waals surface area contributed by atoms with Gasteiger partial charge in [-0.1, -0.05) is 0 Å². The van der Waals surface area contributed by atoms with E-state index in [-0.39, 0.29) is 5.91 Å². The van der Waals surface area contributed by atoms with Crippen LogP contribution in [0.1, 0.15) is 16.8 Å². The molecule has 3 N–H and O–H groups in total. The summed E-state index contributed by atoms with van der Waals surface area (Å²) in [5.74, 6) is 5.41. The number of likely N-dealkylation sites (N-methyl/N-ethyl adjacent to an activating group) is 1. The fourth-order valence-corrected chi connectivity index (χ4v) is 2.11. The number of amides is 1. The molecule has 98 valence electrons. The molecule has 0 aromatic carbocycles. The highest BCUT2D eigenvalue weighted by Gasteiger charge is 2.21. The number of carbonyl (C=O) groups is 1. The van der Waals surface area contributed by atoms with Crippen molar-refractivity contribution >= 4 is 11.6 Å². The number of hydrogen-bond acceptors (Lipinski definition) is 5. The van der Waals surface area contributed by atoms with Crippen LogP contribution in [0.3, 0.4) is 0 Å². The smallest absolute Gasteiger partial charge is 0.257 e. The number of anilines is 1. The molecule has 1 aliphatic rings. The van der Waals surface area contributed by atoms with Crippen LogP contribution in [0.2, 0.25) is 0 Å². The zero-order valence-corrected chi connectivity index (χ0v) is 10.6. The van der Waals surface area contributed by atoms with Gasteiger partial charge < -0.3 is 15.2 Å². The number of nitrogen functional groups attached to an aromatic ring is 1. The molecule has 18 heavy (non-hydrogen) atoms. The number of nitrogens with one attached hydrogen (secondary N) is 1. The molecule has 0 unspecified atom stereocenters. The van der Waals surface area contributed by atoms with E-state index >= 15 is 0 Å². The predicted octanol–water partition coefficient (Wildman–Crippen LogP) is 0.145. The van der Waals surface area contributed by atoms with E-state index < -0.39 is 0 Å². The van der Waals surface area contributed by atoms with Crippen LogP contribution in [-0.2, 0) is 0 Å². The molecule has 2 heterocycles. The van der Waals surface area contributed by atoms with Gasteiger partial charge in [-0.2, -0.15) is 0 Å². The molecule has 0 spiro atoms. The van der Waals surface area contributed by atoms with Crippen molar-refractivity contribution in [3.63, 3.8) is 0 Å². The average molecular weight is 249 g/mol. The van der Waals surface area contributed by atoms with Crippen LogP contribution in [0.15, 0.2) is 18.5 Å². The molecule has 1 aliphatic heterocycles. The van der Waals surface area contributed by atoms with Crippen LogP contribution in [0, 0.1) is 0 Å². The summed E-state index contributed by atoms with van der Waals surface area (Å²) in [5, 5.41) is 0. The van der Waals surface area contributed by atoms with E-state index in [1.165, 1.54) is 0 Å². The van der Waals surface area contributed by atoms with Gasteiger partial charge in [-0.15, -0.1) is 0 Å². The molecule has 2 rings (SSSR count). The highest BCUT2D eigenvalue weighted by Crippen LogP contribution is 2.15. The summed E-state index contributed by atoms with van der Waals surface area (Å²) >= 11 is 0. The van der Waals surface area contributed by atoms with Gasteiger partial charge in [-0.25, -0.2) is 0 Å². The van der Waals surface area contributed by atoms with Crippen molar-refractivity contribution < 1.29 is 4.79 Å². The van der Waals surface area contributed by atoms with Gasteiger partial charge in [-0.3, -0.25) is 15.6 Å². The van der Waals surface area contributed by atoms with Crippen molar-refractivity contribution in [2.75, 3.05) is 38.7 Å². The van der Waals surface area contributed by atoms with Gasteiger partial charge in [0.25, 0.3) is 5.91 Å². The van der Waals surface area contributed by atoms with Crippen LogP contribution < -0.4 is 11.3 Å². The molecule has 0 atom stereocenters. The molecular formula is C12H19N5O. The van der Waals surface area contributed by atoms with E-state index in [1.807, 2.05) is 4.90 Å². The van der Waals surface area contributed by atoms with Gasteiger partial charge >= 0.3 is 0 Å². The van der Waals surface area contributed by atoms with E-state index in [4.69, 9.17) is 5.84 Å². The van der Waals surface area contributed by atoms with Crippen molar-refractivity contribution in [2.45, 2.75) is 6.42 Å². The molecular weight excluding hydrogens is 230 g/mol. The normalized spacial score (nSPS) is 17.3. The minimum absolute atomic E-state index is 0.00801. The van der Waals surface area contributed by atoms with E-state index in [1.54, 1.807) is 18.5 Å². The maximum absolute atomic E-state index is 12.4. The van der Waals surface area contributed by atoms with Gasteiger partial charge in [0.1, 0.15) is 0 Å². The third-order valence-electron chi connectivity index (χ3n) is 3.21. The lowest BCUT2D eigenvalue weighted by molar-refractivity contribution is 0.0763. The summed E-state index contributed by atoms with van der Waals surface area (Å²) in [6, 6.07) is 1.71. The maximum atomic E-state index is 12.4. The Balaban J connectivity index is 2.15. The third kappa shape index (κ3) is 2.77. The first-order valence-electron chi connectivity index (χ1n) is 6.11. The van der Waals surface area contributed by atoms with E-state index in [9.17, 15) is 4.79 Å². The summed E-state index contributed by atoms with van der Waals surface area (Å²) in [6.45, 7) is 3.45. The van der Waals surface area contributed by atoms with Crippen LogP contribution in [0.25, 0.3) is 0 Å². The largest absolute Gasteiger partial charge is 0.337 e. The van der Waals surface area contributed by atoms with Gasteiger partial charge in [0.15, 0.2) is 0 Å². The number of pyridine rings is 1. The fourth-order valence-electron chi connectivity index (χ4n) is 2.11. The molecule has 1 saturated heterocycles. The summed E-state index contributed by atoms with van der Waals surface area (Å²) < 4.78 is 0. The number of carbonyl (C=O) groups excluding carboxylic acids is 1. The Kier molecular flexibility index (Phi) is 4.11. The Morgan fingerprint density at radius 3 is 3.00 bits per heavy atom. The number of aromatic nitrogens is 1. The first kappa shape index (κ1) is 12.8. The molecule has 0 radical (unpaired) electrons. The molecule has 1 aromatic rings. The number of rotatable bonds is 2. The Morgan fingerprint density at radius 2 is 2.22 bits per heavy atom. The topological polar surface area (TPSA) is 74.5 Å². The fraction of sp³-hybridized carbons (Fsp3) is 0.500. The van der Waals surface area contributed by atoms with E-state index in [0.29, 0.717) is 11.3 Å². The molecule has 6 heteroatoms. The molecule has 0 aliphatic carbocycles. The van der Waals surface area contributed by atoms with Gasteiger partial charge in [-0.05, 0) is 26.1 Å². The molecule has 1 amide bonds. The SMILES string of the molecule is CN1CCCN(C(=O)c2cnccc2NN)CC1. The third-order valence-corrected chi connectivity index (χ3v) is 3.21. The zero-order valence-electron chi connectivity index (χ0n) is 10.6. The van der Waals surface area contributed by atoms with Crippen LogP contribution >= 0.6 is 0 Å². The highest BCUT2D eigenvalue weighted by molar-refractivity contribution is 5.99. The first-order valence-corrected chi connectivity index (χ1v) is 6.11. The van der Waals surface area contributed by atoms with Gasteiger partial charge in [0.05, 0.1) is 11.3 Å². The number of hydrogen-bond donors (Lipinski definition) is 2. The van der Waals surface area contributed by atoms with Crippen LogP contribution in [-0.4, -0.2) is 53.9 Å². The van der Waals surface area contributed by atoms with Crippen molar-refractivity contribution in [3.05, 3.63) is 24.0 Å². The quantitative estimate of drug-likeness (QED) is 0.576. The monoisotopic (exact) mass is 249 g/mol. The second-order valence-corrected chi connectivity index (χ2v) is 4.51. The van der Waals surface area contributed by atoms with Crippen molar-refractivity contribution in [1.82, 2.24) is 14.8 Å². The van der Waals surface area contributed by atoms with E-state index in [0.717, 1.165) is 32.6 Å². The summed E-state index contributed by atoms with van der Waals surface area (Å²) in [5.41, 5.74) is 3.69. The lowest BCUT2D eigenvalue weighted by Gasteiger charge is -2.21. The van der Waals surface area contributed by atoms with Crippen molar-refractivity contribution in [1.29, 1.82) is 0 Å². The summed E-state index contributed by atoms with van der Waals surface area (Å²) in [4.78, 5) is 20.5. The maximum Gasteiger partial charge on any atom is 0.257 e. The molecule has 6 nitrogen and oxygen atoms in total. The summed E-state index contributed by atoms with van der Waals surface area (Å²) in [6.07, 6.45) is 4.17. The van der Waals surface area contributed by atoms with Gasteiger partial charge in [0, 0.05) is 32.0 Å². The molecule has 1 aromatic heterocycles. The number of hydrazine groups is 1.